The molecule has 0 spiro atoms. The monoisotopic (exact) mass is 247 g/mol. The van der Waals surface area contributed by atoms with Gasteiger partial charge < -0.3 is 10.3 Å². The second kappa shape index (κ2) is 7.67. The number of hydrogen-bond acceptors (Lipinski definition) is 2. The fourth-order valence-corrected chi connectivity index (χ4v) is 1.69. The van der Waals surface area contributed by atoms with E-state index in [1.165, 1.54) is 5.56 Å². The van der Waals surface area contributed by atoms with Gasteiger partial charge in [0.25, 0.3) is 0 Å². The van der Waals surface area contributed by atoms with E-state index in [9.17, 15) is 0 Å². The van der Waals surface area contributed by atoms with E-state index in [1.807, 2.05) is 30.9 Å². The molecule has 3 heteroatoms. The summed E-state index contributed by atoms with van der Waals surface area (Å²) in [5, 5.41) is 0. The lowest BCUT2D eigenvalue weighted by atomic mass is 10.1. The highest BCUT2D eigenvalue weighted by Gasteiger charge is 2.01. The van der Waals surface area contributed by atoms with Crippen LogP contribution in [-0.2, 0) is 13.0 Å². The van der Waals surface area contributed by atoms with E-state index in [0.29, 0.717) is 6.54 Å². The molecule has 0 aliphatic rings. The third kappa shape index (κ3) is 3.70. The Morgan fingerprint density at radius 2 is 1.89 bits per heavy atom. The maximum Gasteiger partial charge on any atom is 0.0954 e. The lowest BCUT2D eigenvalue weighted by Crippen LogP contribution is -2.07. The molecular formula is C15H25N3. The molecule has 3 nitrogen and oxygen atoms in total. The lowest BCUT2D eigenvalue weighted by Gasteiger charge is -1.99. The molecule has 0 aliphatic heterocycles. The van der Waals surface area contributed by atoms with Crippen molar-refractivity contribution in [3.63, 3.8) is 0 Å². The molecule has 0 saturated carbocycles. The smallest absolute Gasteiger partial charge is 0.0954 e. The van der Waals surface area contributed by atoms with Crippen molar-refractivity contribution < 1.29 is 1.43 Å². The molecule has 0 fully saturated rings. The van der Waals surface area contributed by atoms with E-state index in [-0.39, 0.29) is 1.43 Å². The molecule has 0 unspecified atom stereocenters. The van der Waals surface area contributed by atoms with E-state index >= 15 is 0 Å². The van der Waals surface area contributed by atoms with Gasteiger partial charge in [-0.1, -0.05) is 45.0 Å². The molecule has 0 radical (unpaired) electrons. The molecule has 2 N–H and O–H groups in total. The highest BCUT2D eigenvalue weighted by Crippen LogP contribution is 2.17. The van der Waals surface area contributed by atoms with Crippen LogP contribution in [0.2, 0.25) is 0 Å². The Bertz CT molecular complexity index is 449. The molecule has 1 heterocycles. The molecule has 2 rings (SSSR count). The minimum absolute atomic E-state index is 0. The zero-order valence-corrected chi connectivity index (χ0v) is 11.6. The number of rotatable bonds is 4. The number of benzene rings is 1. The fourth-order valence-electron chi connectivity index (χ4n) is 1.69. The maximum absolute atomic E-state index is 5.50. The summed E-state index contributed by atoms with van der Waals surface area (Å²) in [6, 6.07) is 8.54. The second-order valence-electron chi connectivity index (χ2n) is 3.84. The summed E-state index contributed by atoms with van der Waals surface area (Å²) in [6.45, 7) is 7.62. The van der Waals surface area contributed by atoms with Gasteiger partial charge in [-0.15, -0.1) is 0 Å². The quantitative estimate of drug-likeness (QED) is 0.900. The Balaban J connectivity index is 0.00000103. The average Bonchev–Trinajstić information content (AvgIpc) is 2.90. The van der Waals surface area contributed by atoms with E-state index in [2.05, 4.69) is 36.2 Å². The van der Waals surface area contributed by atoms with Crippen molar-refractivity contribution >= 4 is 0 Å². The first-order valence-electron chi connectivity index (χ1n) is 6.64. The summed E-state index contributed by atoms with van der Waals surface area (Å²) in [6.07, 6.45) is 4.94. The van der Waals surface area contributed by atoms with Crippen molar-refractivity contribution in [3.8, 4) is 11.3 Å². The molecule has 18 heavy (non-hydrogen) atoms. The van der Waals surface area contributed by atoms with Crippen LogP contribution in [0.5, 0.6) is 0 Å². The van der Waals surface area contributed by atoms with Gasteiger partial charge in [0.2, 0.25) is 0 Å². The number of hydrogen-bond donors (Lipinski definition) is 1. The minimum Gasteiger partial charge on any atom is -0.336 e. The normalized spacial score (nSPS) is 9.78. The van der Waals surface area contributed by atoms with Crippen LogP contribution in [0.3, 0.4) is 0 Å². The highest BCUT2D eigenvalue weighted by molar-refractivity contribution is 5.58. The molecule has 100 valence electrons. The number of nitrogens with zero attached hydrogens (tertiary/aromatic N) is 2. The van der Waals surface area contributed by atoms with Gasteiger partial charge in [-0.3, -0.25) is 0 Å². The standard InChI is InChI=1S/C13H17N3.C2H6.H2/c1-2-11-3-5-12(6-4-11)13-9-16(8-7-14)10-15-13;1-2;/h3-6,9-10H,2,7-8,14H2,1H3;1-2H3;1H. The molecule has 2 aromatic rings. The van der Waals surface area contributed by atoms with Crippen molar-refractivity contribution in [2.45, 2.75) is 33.7 Å². The van der Waals surface area contributed by atoms with E-state index in [0.717, 1.165) is 24.2 Å². The molecule has 0 atom stereocenters. The van der Waals surface area contributed by atoms with Crippen LogP contribution in [-0.4, -0.2) is 16.1 Å². The van der Waals surface area contributed by atoms with Gasteiger partial charge in [-0.05, 0) is 12.0 Å². The first-order chi connectivity index (χ1) is 8.83. The van der Waals surface area contributed by atoms with Crippen molar-refractivity contribution in [2.24, 2.45) is 5.73 Å². The van der Waals surface area contributed by atoms with Crippen LogP contribution in [0.25, 0.3) is 11.3 Å². The van der Waals surface area contributed by atoms with Crippen LogP contribution in [0.15, 0.2) is 36.8 Å². The molecule has 0 saturated heterocycles. The van der Waals surface area contributed by atoms with Crippen molar-refractivity contribution in [3.05, 3.63) is 42.4 Å². The van der Waals surface area contributed by atoms with Gasteiger partial charge in [0.15, 0.2) is 0 Å². The minimum atomic E-state index is 0. The van der Waals surface area contributed by atoms with Crippen LogP contribution in [0, 0.1) is 0 Å². The molecule has 0 bridgehead atoms. The first kappa shape index (κ1) is 14.5. The first-order valence-corrected chi connectivity index (χ1v) is 6.64. The Hall–Kier alpha value is -1.61. The largest absolute Gasteiger partial charge is 0.336 e. The summed E-state index contributed by atoms with van der Waals surface area (Å²) in [5.74, 6) is 0. The Kier molecular flexibility index (Phi) is 6.15. The van der Waals surface area contributed by atoms with Gasteiger partial charge in [-0.25, -0.2) is 4.98 Å². The van der Waals surface area contributed by atoms with E-state index < -0.39 is 0 Å². The van der Waals surface area contributed by atoms with Crippen LogP contribution >= 0.6 is 0 Å². The summed E-state index contributed by atoms with van der Waals surface area (Å²) in [4.78, 5) is 4.37. The molecular weight excluding hydrogens is 222 g/mol. The zero-order valence-electron chi connectivity index (χ0n) is 11.6. The van der Waals surface area contributed by atoms with Crippen LogP contribution in [0.4, 0.5) is 0 Å². The molecule has 0 aliphatic carbocycles. The number of aromatic nitrogens is 2. The maximum atomic E-state index is 5.50. The summed E-state index contributed by atoms with van der Waals surface area (Å²) in [5.41, 5.74) is 9.02. The highest BCUT2D eigenvalue weighted by atomic mass is 15.0. The van der Waals surface area contributed by atoms with Gasteiger partial charge in [0.05, 0.1) is 12.0 Å². The summed E-state index contributed by atoms with van der Waals surface area (Å²) < 4.78 is 2.02. The topological polar surface area (TPSA) is 43.8 Å². The Morgan fingerprint density at radius 3 is 2.44 bits per heavy atom. The predicted octanol–water partition coefficient (Wildman–Crippen LogP) is 3.34. The zero-order chi connectivity index (χ0) is 13.4. The predicted molar refractivity (Wildman–Crippen MR) is 79.6 cm³/mol. The molecule has 1 aromatic carbocycles. The number of aryl methyl sites for hydroxylation is 1. The van der Waals surface area contributed by atoms with Gasteiger partial charge in [-0.2, -0.15) is 0 Å². The van der Waals surface area contributed by atoms with Crippen LogP contribution < -0.4 is 5.73 Å². The Morgan fingerprint density at radius 1 is 1.22 bits per heavy atom. The lowest BCUT2D eigenvalue weighted by molar-refractivity contribution is 0.708. The third-order valence-corrected chi connectivity index (χ3v) is 2.68. The average molecular weight is 247 g/mol. The van der Waals surface area contributed by atoms with Crippen molar-refractivity contribution in [2.75, 3.05) is 6.54 Å². The third-order valence-electron chi connectivity index (χ3n) is 2.68. The van der Waals surface area contributed by atoms with Crippen molar-refractivity contribution in [1.29, 1.82) is 0 Å². The number of imidazole rings is 1. The van der Waals surface area contributed by atoms with Crippen LogP contribution in [0.1, 0.15) is 27.8 Å². The van der Waals surface area contributed by atoms with Gasteiger partial charge in [0, 0.05) is 26.3 Å². The summed E-state index contributed by atoms with van der Waals surface area (Å²) in [7, 11) is 0. The fraction of sp³-hybridized carbons (Fsp3) is 0.400. The summed E-state index contributed by atoms with van der Waals surface area (Å²) >= 11 is 0. The molecule has 1 aromatic heterocycles. The van der Waals surface area contributed by atoms with Gasteiger partial charge >= 0.3 is 0 Å². The van der Waals surface area contributed by atoms with E-state index in [1.54, 1.807) is 0 Å². The SMILES string of the molecule is CC.CCc1ccc(-c2cn(CCN)cn2)cc1.[HH]. The Labute approximate surface area is 111 Å². The van der Waals surface area contributed by atoms with E-state index in [4.69, 9.17) is 5.73 Å². The second-order valence-corrected chi connectivity index (χ2v) is 3.84. The van der Waals surface area contributed by atoms with Crippen molar-refractivity contribution in [1.82, 2.24) is 9.55 Å². The van der Waals surface area contributed by atoms with Gasteiger partial charge in [0.1, 0.15) is 0 Å². The number of nitrogens with two attached hydrogens (primary N) is 1. The molecule has 0 amide bonds.